The topological polar surface area (TPSA) is 35.6 Å². The Morgan fingerprint density at radius 1 is 0.559 bits per heavy atom. The number of hydrogen-bond donors (Lipinski definition) is 0. The zero-order valence-corrected chi connectivity index (χ0v) is 20.0. The van der Waals surface area contributed by atoms with Crippen molar-refractivity contribution in [2.45, 2.75) is 52.6 Å². The molecule has 4 heterocycles. The zero-order valence-electron chi connectivity index (χ0n) is 20.0. The van der Waals surface area contributed by atoms with Crippen molar-refractivity contribution in [3.63, 3.8) is 0 Å². The molecular weight excluding hydrogens is 416 g/mol. The van der Waals surface area contributed by atoms with Gasteiger partial charge in [0.25, 0.3) is 0 Å². The first kappa shape index (κ1) is 20.9. The molecule has 0 fully saturated rings. The number of fused-ring (bicyclic) bond motifs is 6. The minimum absolute atomic E-state index is 1.05. The monoisotopic (exact) mass is 446 g/mol. The number of pyridine rings is 2. The Morgan fingerprint density at radius 2 is 1.00 bits per heavy atom. The van der Waals surface area contributed by atoms with E-state index in [1.807, 2.05) is 0 Å². The summed E-state index contributed by atoms with van der Waals surface area (Å²) in [7, 11) is 0. The summed E-state index contributed by atoms with van der Waals surface area (Å²) in [5.74, 6) is 0. The fourth-order valence-electron chi connectivity index (χ4n) is 5.33. The van der Waals surface area contributed by atoms with E-state index in [1.165, 1.54) is 59.0 Å². The molecule has 4 aliphatic heterocycles. The van der Waals surface area contributed by atoms with Gasteiger partial charge in [-0.3, -0.25) is 0 Å². The molecule has 2 aromatic carbocycles. The number of para-hydroxylation sites is 2. The van der Waals surface area contributed by atoms with Crippen molar-refractivity contribution in [3.8, 4) is 22.5 Å². The van der Waals surface area contributed by atoms with Crippen LogP contribution in [0.15, 0.2) is 73.1 Å². The second-order valence-corrected chi connectivity index (χ2v) is 9.39. The van der Waals surface area contributed by atoms with Gasteiger partial charge in [0.2, 0.25) is 0 Å². The fourth-order valence-corrected chi connectivity index (χ4v) is 5.33. The summed E-state index contributed by atoms with van der Waals surface area (Å²) in [6, 6.07) is 21.3. The summed E-state index contributed by atoms with van der Waals surface area (Å²) in [6.07, 6.45) is 9.32. The molecule has 0 radical (unpaired) electrons. The molecule has 34 heavy (non-hydrogen) atoms. The van der Waals surface area contributed by atoms with Crippen LogP contribution in [0.5, 0.6) is 0 Å². The molecule has 0 N–H and O–H groups in total. The number of unbranched alkanes of at least 4 members (excludes halogenated alkanes) is 3. The van der Waals surface area contributed by atoms with Crippen molar-refractivity contribution >= 4 is 21.8 Å². The summed E-state index contributed by atoms with van der Waals surface area (Å²) in [6.45, 7) is 6.50. The Balaban J connectivity index is 1.06. The highest BCUT2D eigenvalue weighted by Gasteiger charge is 2.16. The highest BCUT2D eigenvalue weighted by atomic mass is 15.0. The molecule has 0 atom stereocenters. The standard InChI is InChI=1S/C30H30N4/c1-21-29-25(23-11-5-7-13-27(23)31-29)15-19-33(21)17-9-3-4-10-18-34-20-16-26-24-12-6-8-14-28(24)32-30(26)22(34)2/h5-8,11-16,19-20H,3-4,9-10,17-18H2,1-2H3. The van der Waals surface area contributed by atoms with E-state index in [9.17, 15) is 0 Å². The number of nitrogens with zero attached hydrogens (tertiary/aromatic N) is 4. The van der Waals surface area contributed by atoms with Gasteiger partial charge in [0.15, 0.2) is 0 Å². The van der Waals surface area contributed by atoms with Gasteiger partial charge in [0.05, 0.1) is 22.4 Å². The Bertz CT molecular complexity index is 1420. The highest BCUT2D eigenvalue weighted by molar-refractivity contribution is 5.98. The Kier molecular flexibility index (Phi) is 5.29. The smallest absolute Gasteiger partial charge is 0.0908 e. The Hall–Kier alpha value is -3.66. The largest absolute Gasteiger partial charge is 0.350 e. The van der Waals surface area contributed by atoms with Crippen molar-refractivity contribution in [1.82, 2.24) is 19.1 Å². The molecular formula is C30H30N4. The van der Waals surface area contributed by atoms with Crippen LogP contribution in [-0.2, 0) is 13.1 Å². The average Bonchev–Trinajstić information content (AvgIpc) is 3.43. The van der Waals surface area contributed by atoms with E-state index in [0.29, 0.717) is 0 Å². The van der Waals surface area contributed by atoms with E-state index in [2.05, 4.69) is 96.0 Å². The lowest BCUT2D eigenvalue weighted by Gasteiger charge is -2.15. The van der Waals surface area contributed by atoms with Crippen molar-refractivity contribution in [2.75, 3.05) is 0 Å². The van der Waals surface area contributed by atoms with Gasteiger partial charge in [-0.25, -0.2) is 9.97 Å². The van der Waals surface area contributed by atoms with Crippen LogP contribution in [0.4, 0.5) is 0 Å². The molecule has 0 spiro atoms. The van der Waals surface area contributed by atoms with Crippen LogP contribution in [-0.4, -0.2) is 19.1 Å². The van der Waals surface area contributed by atoms with E-state index in [1.54, 1.807) is 0 Å². The van der Waals surface area contributed by atoms with Crippen LogP contribution < -0.4 is 0 Å². The first-order chi connectivity index (χ1) is 16.7. The van der Waals surface area contributed by atoms with Crippen LogP contribution >= 0.6 is 0 Å². The molecule has 4 heteroatoms. The predicted molar refractivity (Wildman–Crippen MR) is 141 cm³/mol. The molecule has 6 rings (SSSR count). The normalized spacial score (nSPS) is 11.9. The second kappa shape index (κ2) is 8.60. The minimum Gasteiger partial charge on any atom is -0.350 e. The van der Waals surface area contributed by atoms with Gasteiger partial charge in [-0.2, -0.15) is 0 Å². The summed E-state index contributed by atoms with van der Waals surface area (Å²) in [5.41, 5.74) is 9.52. The Morgan fingerprint density at radius 3 is 1.47 bits per heavy atom. The molecule has 0 saturated heterocycles. The Labute approximate surface area is 200 Å². The van der Waals surface area contributed by atoms with Gasteiger partial charge < -0.3 is 9.13 Å². The lowest BCUT2D eigenvalue weighted by Crippen LogP contribution is -2.06. The molecule has 0 aliphatic carbocycles. The lowest BCUT2D eigenvalue weighted by molar-refractivity contribution is 0.530. The predicted octanol–water partition coefficient (Wildman–Crippen LogP) is 7.47. The fraction of sp³-hybridized carbons (Fsp3) is 0.267. The summed E-state index contributed by atoms with van der Waals surface area (Å²) in [5, 5.41) is 2.51. The maximum atomic E-state index is 4.88. The van der Waals surface area contributed by atoms with Gasteiger partial charge in [-0.15, -0.1) is 0 Å². The molecule has 0 unspecified atom stereocenters. The average molecular weight is 447 g/mol. The first-order valence-electron chi connectivity index (χ1n) is 12.4. The number of benzene rings is 2. The maximum absolute atomic E-state index is 4.88. The summed E-state index contributed by atoms with van der Waals surface area (Å²) >= 11 is 0. The van der Waals surface area contributed by atoms with Crippen molar-refractivity contribution in [2.24, 2.45) is 0 Å². The van der Waals surface area contributed by atoms with Crippen molar-refractivity contribution < 1.29 is 0 Å². The van der Waals surface area contributed by atoms with E-state index in [-0.39, 0.29) is 0 Å². The van der Waals surface area contributed by atoms with E-state index in [0.717, 1.165) is 35.5 Å². The number of rotatable bonds is 7. The lowest BCUT2D eigenvalue weighted by atomic mass is 10.1. The number of aryl methyl sites for hydroxylation is 2. The molecule has 0 amide bonds. The van der Waals surface area contributed by atoms with Crippen LogP contribution in [0.3, 0.4) is 0 Å². The van der Waals surface area contributed by atoms with E-state index in [4.69, 9.17) is 9.97 Å². The molecule has 4 aliphatic rings. The zero-order chi connectivity index (χ0) is 23.1. The quantitative estimate of drug-likeness (QED) is 0.238. The van der Waals surface area contributed by atoms with Crippen LogP contribution in [0.1, 0.15) is 37.1 Å². The minimum atomic E-state index is 1.05. The van der Waals surface area contributed by atoms with Crippen LogP contribution in [0.25, 0.3) is 44.3 Å². The van der Waals surface area contributed by atoms with Crippen molar-refractivity contribution in [1.29, 1.82) is 0 Å². The number of hydrogen-bond acceptors (Lipinski definition) is 2. The first-order valence-corrected chi connectivity index (χ1v) is 12.4. The highest BCUT2D eigenvalue weighted by Crippen LogP contribution is 2.34. The van der Waals surface area contributed by atoms with Gasteiger partial charge >= 0.3 is 0 Å². The molecule has 0 bridgehead atoms. The SMILES string of the molecule is Cc1c2nc3ccccc3c-2ccn1CCCCCCn1ccc2c3ccccc3nc-2c1C. The maximum Gasteiger partial charge on any atom is 0.0908 e. The second-order valence-electron chi connectivity index (χ2n) is 9.39. The molecule has 0 saturated carbocycles. The van der Waals surface area contributed by atoms with Crippen LogP contribution in [0, 0.1) is 13.8 Å². The molecule has 2 aromatic rings. The van der Waals surface area contributed by atoms with Gasteiger partial charge in [-0.05, 0) is 51.0 Å². The van der Waals surface area contributed by atoms with E-state index >= 15 is 0 Å². The van der Waals surface area contributed by atoms with Gasteiger partial charge in [0, 0.05) is 58.8 Å². The molecule has 0 aromatic heterocycles. The van der Waals surface area contributed by atoms with Gasteiger partial charge in [-0.1, -0.05) is 49.2 Å². The summed E-state index contributed by atoms with van der Waals surface area (Å²) in [4.78, 5) is 9.76. The summed E-state index contributed by atoms with van der Waals surface area (Å²) < 4.78 is 4.74. The van der Waals surface area contributed by atoms with Crippen molar-refractivity contribution in [3.05, 3.63) is 84.4 Å². The molecule has 170 valence electrons. The number of aromatic nitrogens is 4. The van der Waals surface area contributed by atoms with E-state index < -0.39 is 0 Å². The van der Waals surface area contributed by atoms with Crippen LogP contribution in [0.2, 0.25) is 0 Å². The third kappa shape index (κ3) is 3.54. The third-order valence-electron chi connectivity index (χ3n) is 7.30. The molecule has 4 nitrogen and oxygen atoms in total. The third-order valence-corrected chi connectivity index (χ3v) is 7.30. The van der Waals surface area contributed by atoms with Gasteiger partial charge in [0.1, 0.15) is 0 Å².